The highest BCUT2D eigenvalue weighted by Gasteiger charge is 2.30. The van der Waals surface area contributed by atoms with E-state index in [0.29, 0.717) is 24.1 Å². The molecule has 1 fully saturated rings. The van der Waals surface area contributed by atoms with Gasteiger partial charge in [-0.3, -0.25) is 9.59 Å². The number of quaternary nitrogens is 1. The van der Waals surface area contributed by atoms with Gasteiger partial charge in [0.15, 0.2) is 0 Å². The van der Waals surface area contributed by atoms with Crippen LogP contribution in [0.1, 0.15) is 30.1 Å². The first kappa shape index (κ1) is 16.6. The maximum atomic E-state index is 13.4. The zero-order valence-electron chi connectivity index (χ0n) is 13.7. The van der Waals surface area contributed by atoms with Crippen LogP contribution in [0.4, 0.5) is 4.39 Å². The molecule has 0 unspecified atom stereocenters. The Hall–Kier alpha value is -2.21. The predicted molar refractivity (Wildman–Crippen MR) is 87.5 cm³/mol. The summed E-state index contributed by atoms with van der Waals surface area (Å²) in [6, 6.07) is 4.40. The molecule has 0 aliphatic carbocycles. The van der Waals surface area contributed by atoms with Crippen LogP contribution in [-0.2, 0) is 9.53 Å². The van der Waals surface area contributed by atoms with Crippen molar-refractivity contribution in [2.45, 2.75) is 19.8 Å². The first-order valence-electron chi connectivity index (χ1n) is 8.38. The normalized spacial score (nSPS) is 20.9. The van der Waals surface area contributed by atoms with E-state index in [0.717, 1.165) is 36.3 Å². The Bertz CT molecular complexity index is 748. The molecule has 0 saturated carbocycles. The number of ether oxygens (including phenoxy) is 1. The Morgan fingerprint density at radius 1 is 1.33 bits per heavy atom. The quantitative estimate of drug-likeness (QED) is 0.641. The lowest BCUT2D eigenvalue weighted by atomic mass is 9.96. The van der Waals surface area contributed by atoms with Crippen molar-refractivity contribution < 1.29 is 23.6 Å². The van der Waals surface area contributed by atoms with Gasteiger partial charge in [0.1, 0.15) is 12.4 Å². The number of carbonyl (C=O) groups excluding carboxylic acids is 2. The third kappa shape index (κ3) is 3.48. The lowest BCUT2D eigenvalue weighted by molar-refractivity contribution is -0.897. The van der Waals surface area contributed by atoms with Crippen LogP contribution in [0, 0.1) is 11.7 Å². The number of aromatic amines is 1. The monoisotopic (exact) mass is 333 g/mol. The van der Waals surface area contributed by atoms with Gasteiger partial charge in [-0.25, -0.2) is 4.39 Å². The second-order valence-corrected chi connectivity index (χ2v) is 6.27. The summed E-state index contributed by atoms with van der Waals surface area (Å²) in [7, 11) is 0. The van der Waals surface area contributed by atoms with Crippen LogP contribution in [0.5, 0.6) is 0 Å². The molecule has 0 spiro atoms. The molecule has 2 aromatic rings. The zero-order valence-corrected chi connectivity index (χ0v) is 13.7. The van der Waals surface area contributed by atoms with Crippen LogP contribution in [0.2, 0.25) is 0 Å². The van der Waals surface area contributed by atoms with Crippen LogP contribution < -0.4 is 4.90 Å². The number of carbonyl (C=O) groups is 2. The van der Waals surface area contributed by atoms with Gasteiger partial charge in [-0.05, 0) is 25.1 Å². The predicted octanol–water partition coefficient (Wildman–Crippen LogP) is 1.35. The lowest BCUT2D eigenvalue weighted by Gasteiger charge is -2.27. The summed E-state index contributed by atoms with van der Waals surface area (Å²) in [6.07, 6.45) is 3.13. The third-order valence-corrected chi connectivity index (χ3v) is 4.67. The molecular formula is C18H22FN2O3+. The first-order chi connectivity index (χ1) is 11.6. The molecular weight excluding hydrogens is 311 g/mol. The molecule has 1 aliphatic heterocycles. The van der Waals surface area contributed by atoms with Crippen molar-refractivity contribution in [1.82, 2.24) is 4.98 Å². The Labute approximate surface area is 139 Å². The number of halogens is 1. The highest BCUT2D eigenvalue weighted by Crippen LogP contribution is 2.19. The molecule has 128 valence electrons. The van der Waals surface area contributed by atoms with Gasteiger partial charge in [0, 0.05) is 35.5 Å². The molecule has 5 nitrogen and oxygen atoms in total. The number of Topliss-reactive ketones (excluding diaryl/α,β-unsaturated/α-hetero) is 1. The van der Waals surface area contributed by atoms with Gasteiger partial charge >= 0.3 is 5.97 Å². The van der Waals surface area contributed by atoms with Crippen LogP contribution in [0.3, 0.4) is 0 Å². The van der Waals surface area contributed by atoms with Crippen molar-refractivity contribution >= 4 is 22.7 Å². The van der Waals surface area contributed by atoms with E-state index in [4.69, 9.17) is 4.74 Å². The van der Waals surface area contributed by atoms with E-state index in [9.17, 15) is 14.0 Å². The molecule has 2 heterocycles. The molecule has 1 aliphatic rings. The smallest absolute Gasteiger partial charge is 0.309 e. The number of hydrogen-bond donors (Lipinski definition) is 2. The first-order valence-corrected chi connectivity index (χ1v) is 8.38. The number of nitrogens with one attached hydrogen (secondary N) is 2. The number of benzene rings is 1. The minimum absolute atomic E-state index is 0.00330. The third-order valence-electron chi connectivity index (χ3n) is 4.67. The van der Waals surface area contributed by atoms with Crippen LogP contribution >= 0.6 is 0 Å². The summed E-state index contributed by atoms with van der Waals surface area (Å²) < 4.78 is 18.5. The Morgan fingerprint density at radius 2 is 2.08 bits per heavy atom. The number of aromatic nitrogens is 1. The van der Waals surface area contributed by atoms with Gasteiger partial charge in [-0.2, -0.15) is 0 Å². The topological polar surface area (TPSA) is 63.6 Å². The molecule has 3 rings (SSSR count). The number of piperidine rings is 1. The molecule has 0 atom stereocenters. The second kappa shape index (κ2) is 7.13. The van der Waals surface area contributed by atoms with Gasteiger partial charge in [0.05, 0.1) is 25.6 Å². The minimum atomic E-state index is -0.348. The summed E-state index contributed by atoms with van der Waals surface area (Å²) >= 11 is 0. The number of esters is 1. The number of fused-ring (bicyclic) bond motifs is 1. The van der Waals surface area contributed by atoms with E-state index in [1.54, 1.807) is 19.2 Å². The van der Waals surface area contributed by atoms with Gasteiger partial charge in [0.2, 0.25) is 5.78 Å². The molecule has 1 aromatic heterocycles. The Balaban J connectivity index is 1.61. The SMILES string of the molecule is CCOC(=O)C1CC[NH+](CC(=O)c2c[nH]c3ccc(F)cc23)CC1. The number of rotatable bonds is 5. The van der Waals surface area contributed by atoms with Crippen molar-refractivity contribution in [3.63, 3.8) is 0 Å². The molecule has 1 aromatic carbocycles. The molecule has 0 amide bonds. The Morgan fingerprint density at radius 3 is 2.79 bits per heavy atom. The van der Waals surface area contributed by atoms with E-state index in [1.807, 2.05) is 0 Å². The summed E-state index contributed by atoms with van der Waals surface area (Å²) in [5.74, 6) is -0.531. The summed E-state index contributed by atoms with van der Waals surface area (Å²) in [4.78, 5) is 28.5. The number of likely N-dealkylation sites (tertiary alicyclic amines) is 1. The molecule has 0 radical (unpaired) electrons. The van der Waals surface area contributed by atoms with E-state index in [2.05, 4.69) is 4.98 Å². The largest absolute Gasteiger partial charge is 0.466 e. The standard InChI is InChI=1S/C18H21FN2O3/c1-2-24-18(23)12-5-7-21(8-6-12)11-17(22)15-10-20-16-4-3-13(19)9-14(15)16/h3-4,9-10,12,20H,2,5-8,11H2,1H3/p+1. The van der Waals surface area contributed by atoms with Crippen LogP contribution in [0.15, 0.2) is 24.4 Å². The summed E-state index contributed by atoms with van der Waals surface area (Å²) in [6.45, 7) is 4.11. The molecule has 24 heavy (non-hydrogen) atoms. The Kier molecular flexibility index (Phi) is 4.94. The highest BCUT2D eigenvalue weighted by molar-refractivity contribution is 6.08. The molecule has 0 bridgehead atoms. The van der Waals surface area contributed by atoms with Crippen LogP contribution in [-0.4, -0.2) is 43.0 Å². The maximum Gasteiger partial charge on any atom is 0.309 e. The van der Waals surface area contributed by atoms with Crippen LogP contribution in [0.25, 0.3) is 10.9 Å². The molecule has 1 saturated heterocycles. The number of hydrogen-bond acceptors (Lipinski definition) is 3. The zero-order chi connectivity index (χ0) is 17.1. The maximum absolute atomic E-state index is 13.4. The van der Waals surface area contributed by atoms with E-state index >= 15 is 0 Å². The van der Waals surface area contributed by atoms with Crippen molar-refractivity contribution in [2.75, 3.05) is 26.2 Å². The van der Waals surface area contributed by atoms with Crippen molar-refractivity contribution in [3.05, 3.63) is 35.8 Å². The summed E-state index contributed by atoms with van der Waals surface area (Å²) in [5.41, 5.74) is 1.29. The van der Waals surface area contributed by atoms with Gasteiger partial charge in [-0.15, -0.1) is 0 Å². The fourth-order valence-electron chi connectivity index (χ4n) is 3.34. The fourth-order valence-corrected chi connectivity index (χ4v) is 3.34. The molecule has 6 heteroatoms. The fraction of sp³-hybridized carbons (Fsp3) is 0.444. The average Bonchev–Trinajstić information content (AvgIpc) is 2.98. The van der Waals surface area contributed by atoms with Crippen molar-refractivity contribution in [2.24, 2.45) is 5.92 Å². The summed E-state index contributed by atoms with van der Waals surface area (Å²) in [5, 5.41) is 0.626. The van der Waals surface area contributed by atoms with E-state index in [1.165, 1.54) is 12.1 Å². The van der Waals surface area contributed by atoms with Gasteiger partial charge in [0.25, 0.3) is 0 Å². The highest BCUT2D eigenvalue weighted by atomic mass is 19.1. The van der Waals surface area contributed by atoms with Crippen molar-refractivity contribution in [3.8, 4) is 0 Å². The van der Waals surface area contributed by atoms with Gasteiger partial charge < -0.3 is 14.6 Å². The van der Waals surface area contributed by atoms with Crippen molar-refractivity contribution in [1.29, 1.82) is 0 Å². The average molecular weight is 333 g/mol. The lowest BCUT2D eigenvalue weighted by Crippen LogP contribution is -3.14. The number of ketones is 1. The number of H-pyrrole nitrogens is 1. The molecule has 2 N–H and O–H groups in total. The van der Waals surface area contributed by atoms with Gasteiger partial charge in [-0.1, -0.05) is 0 Å². The minimum Gasteiger partial charge on any atom is -0.466 e. The second-order valence-electron chi connectivity index (χ2n) is 6.27. The van der Waals surface area contributed by atoms with E-state index < -0.39 is 0 Å². The van der Waals surface area contributed by atoms with E-state index in [-0.39, 0.29) is 23.5 Å².